The number of hydrogen-bond donors (Lipinski definition) is 1. The SMILES string of the molecule is CCN(c1ccccc1)c1ccc(N)c2cnccc12. The van der Waals surface area contributed by atoms with Crippen molar-refractivity contribution in [2.75, 3.05) is 17.2 Å². The number of nitrogen functional groups attached to an aromatic ring is 1. The number of nitrogens with two attached hydrogens (primary N) is 1. The van der Waals surface area contributed by atoms with Gasteiger partial charge in [0, 0.05) is 46.8 Å². The van der Waals surface area contributed by atoms with Gasteiger partial charge in [-0.25, -0.2) is 0 Å². The number of rotatable bonds is 3. The number of nitrogens with zero attached hydrogens (tertiary/aromatic N) is 2. The number of benzene rings is 2. The van der Waals surface area contributed by atoms with Crippen molar-refractivity contribution >= 4 is 27.8 Å². The normalized spacial score (nSPS) is 10.7. The van der Waals surface area contributed by atoms with Crippen molar-refractivity contribution < 1.29 is 0 Å². The summed E-state index contributed by atoms with van der Waals surface area (Å²) in [6.07, 6.45) is 3.64. The van der Waals surface area contributed by atoms with Crippen LogP contribution in [0.5, 0.6) is 0 Å². The molecule has 0 aliphatic heterocycles. The quantitative estimate of drug-likeness (QED) is 0.727. The zero-order chi connectivity index (χ0) is 13.9. The van der Waals surface area contributed by atoms with E-state index in [1.54, 1.807) is 0 Å². The molecule has 3 heteroatoms. The van der Waals surface area contributed by atoms with Crippen molar-refractivity contribution in [3.63, 3.8) is 0 Å². The van der Waals surface area contributed by atoms with E-state index in [4.69, 9.17) is 5.73 Å². The summed E-state index contributed by atoms with van der Waals surface area (Å²) in [4.78, 5) is 6.45. The van der Waals surface area contributed by atoms with Gasteiger partial charge < -0.3 is 10.6 Å². The van der Waals surface area contributed by atoms with Crippen LogP contribution in [0.1, 0.15) is 6.92 Å². The molecule has 20 heavy (non-hydrogen) atoms. The molecule has 0 spiro atoms. The van der Waals surface area contributed by atoms with Gasteiger partial charge in [-0.2, -0.15) is 0 Å². The van der Waals surface area contributed by atoms with Gasteiger partial charge in [-0.1, -0.05) is 18.2 Å². The molecule has 3 nitrogen and oxygen atoms in total. The Kier molecular flexibility index (Phi) is 3.25. The van der Waals surface area contributed by atoms with Crippen LogP contribution in [-0.2, 0) is 0 Å². The minimum absolute atomic E-state index is 0.765. The second kappa shape index (κ2) is 5.21. The zero-order valence-corrected chi connectivity index (χ0v) is 11.5. The Balaban J connectivity index is 2.21. The first kappa shape index (κ1) is 12.5. The van der Waals surface area contributed by atoms with Crippen LogP contribution in [0.2, 0.25) is 0 Å². The lowest BCUT2D eigenvalue weighted by molar-refractivity contribution is 1.03. The van der Waals surface area contributed by atoms with Crippen LogP contribution in [0.3, 0.4) is 0 Å². The fourth-order valence-corrected chi connectivity index (χ4v) is 2.53. The predicted octanol–water partition coefficient (Wildman–Crippen LogP) is 3.98. The van der Waals surface area contributed by atoms with E-state index in [1.807, 2.05) is 30.6 Å². The second-order valence-corrected chi connectivity index (χ2v) is 4.67. The highest BCUT2D eigenvalue weighted by atomic mass is 15.1. The van der Waals surface area contributed by atoms with Gasteiger partial charge in [-0.3, -0.25) is 4.98 Å². The van der Waals surface area contributed by atoms with E-state index in [1.165, 1.54) is 5.69 Å². The summed E-state index contributed by atoms with van der Waals surface area (Å²) in [5, 5.41) is 2.13. The fourth-order valence-electron chi connectivity index (χ4n) is 2.53. The topological polar surface area (TPSA) is 42.1 Å². The fraction of sp³-hybridized carbons (Fsp3) is 0.118. The summed E-state index contributed by atoms with van der Waals surface area (Å²) in [7, 11) is 0. The highest BCUT2D eigenvalue weighted by molar-refractivity contribution is 6.02. The first-order valence-corrected chi connectivity index (χ1v) is 6.76. The molecule has 0 atom stereocenters. The van der Waals surface area contributed by atoms with Gasteiger partial charge in [-0.15, -0.1) is 0 Å². The van der Waals surface area contributed by atoms with Crippen LogP contribution in [0, 0.1) is 0 Å². The molecule has 0 aliphatic rings. The molecule has 0 unspecified atom stereocenters. The minimum Gasteiger partial charge on any atom is -0.398 e. The largest absolute Gasteiger partial charge is 0.398 e. The molecule has 0 radical (unpaired) electrons. The lowest BCUT2D eigenvalue weighted by Gasteiger charge is -2.25. The lowest BCUT2D eigenvalue weighted by Crippen LogP contribution is -2.16. The number of hydrogen-bond acceptors (Lipinski definition) is 3. The third-order valence-electron chi connectivity index (χ3n) is 3.50. The smallest absolute Gasteiger partial charge is 0.0492 e. The third kappa shape index (κ3) is 2.07. The summed E-state index contributed by atoms with van der Waals surface area (Å²) in [6, 6.07) is 16.4. The van der Waals surface area contributed by atoms with Crippen LogP contribution in [0.25, 0.3) is 10.8 Å². The van der Waals surface area contributed by atoms with Crippen molar-refractivity contribution in [2.45, 2.75) is 6.92 Å². The van der Waals surface area contributed by atoms with E-state index in [-0.39, 0.29) is 0 Å². The number of aromatic nitrogens is 1. The standard InChI is InChI=1S/C17H17N3/c1-2-20(13-6-4-3-5-7-13)17-9-8-16(18)15-12-19-11-10-14(15)17/h3-12H,2,18H2,1H3. The van der Waals surface area contributed by atoms with E-state index in [0.29, 0.717) is 0 Å². The molecule has 0 saturated carbocycles. The van der Waals surface area contributed by atoms with E-state index < -0.39 is 0 Å². The molecule has 0 aliphatic carbocycles. The lowest BCUT2D eigenvalue weighted by atomic mass is 10.1. The van der Waals surface area contributed by atoms with Crippen LogP contribution < -0.4 is 10.6 Å². The van der Waals surface area contributed by atoms with E-state index >= 15 is 0 Å². The van der Waals surface area contributed by atoms with Crippen LogP contribution >= 0.6 is 0 Å². The first-order chi connectivity index (χ1) is 9.81. The predicted molar refractivity (Wildman–Crippen MR) is 85.3 cm³/mol. The Bertz CT molecular complexity index is 723. The van der Waals surface area contributed by atoms with Gasteiger partial charge in [0.2, 0.25) is 0 Å². The first-order valence-electron chi connectivity index (χ1n) is 6.76. The molecular formula is C17H17N3. The van der Waals surface area contributed by atoms with Crippen molar-refractivity contribution in [3.8, 4) is 0 Å². The van der Waals surface area contributed by atoms with Gasteiger partial charge in [0.25, 0.3) is 0 Å². The average Bonchev–Trinajstić information content (AvgIpc) is 2.52. The van der Waals surface area contributed by atoms with Gasteiger partial charge in [-0.05, 0) is 37.3 Å². The van der Waals surface area contributed by atoms with Crippen LogP contribution in [0.4, 0.5) is 17.1 Å². The number of para-hydroxylation sites is 1. The molecule has 0 saturated heterocycles. The maximum atomic E-state index is 6.05. The van der Waals surface area contributed by atoms with Gasteiger partial charge in [0.05, 0.1) is 0 Å². The van der Waals surface area contributed by atoms with Crippen molar-refractivity contribution in [1.82, 2.24) is 4.98 Å². The molecule has 1 heterocycles. The highest BCUT2D eigenvalue weighted by Gasteiger charge is 2.11. The summed E-state index contributed by atoms with van der Waals surface area (Å²) in [6.45, 7) is 3.04. The van der Waals surface area contributed by atoms with Crippen molar-refractivity contribution in [3.05, 3.63) is 60.9 Å². The number of pyridine rings is 1. The van der Waals surface area contributed by atoms with E-state index in [2.05, 4.69) is 47.1 Å². The second-order valence-electron chi connectivity index (χ2n) is 4.67. The van der Waals surface area contributed by atoms with Crippen LogP contribution in [-0.4, -0.2) is 11.5 Å². The molecule has 2 N–H and O–H groups in total. The molecule has 0 amide bonds. The van der Waals surface area contributed by atoms with Crippen molar-refractivity contribution in [1.29, 1.82) is 0 Å². The Hall–Kier alpha value is -2.55. The molecule has 100 valence electrons. The Morgan fingerprint density at radius 1 is 1.00 bits per heavy atom. The summed E-state index contributed by atoms with van der Waals surface area (Å²) in [5.41, 5.74) is 9.15. The number of fused-ring (bicyclic) bond motifs is 1. The molecule has 2 aromatic carbocycles. The zero-order valence-electron chi connectivity index (χ0n) is 11.5. The molecule has 0 fully saturated rings. The van der Waals surface area contributed by atoms with E-state index in [9.17, 15) is 0 Å². The maximum absolute atomic E-state index is 6.05. The Labute approximate surface area is 118 Å². The van der Waals surface area contributed by atoms with Crippen LogP contribution in [0.15, 0.2) is 60.9 Å². The molecule has 3 aromatic rings. The monoisotopic (exact) mass is 263 g/mol. The molecule has 0 bridgehead atoms. The molecule has 1 aromatic heterocycles. The minimum atomic E-state index is 0.765. The Morgan fingerprint density at radius 3 is 2.55 bits per heavy atom. The Morgan fingerprint density at radius 2 is 1.80 bits per heavy atom. The van der Waals surface area contributed by atoms with Crippen molar-refractivity contribution in [2.24, 2.45) is 0 Å². The average molecular weight is 263 g/mol. The van der Waals surface area contributed by atoms with Gasteiger partial charge in [0.15, 0.2) is 0 Å². The summed E-state index contributed by atoms with van der Waals surface area (Å²) in [5.74, 6) is 0. The van der Waals surface area contributed by atoms with E-state index in [0.717, 1.165) is 28.7 Å². The third-order valence-corrected chi connectivity index (χ3v) is 3.50. The number of anilines is 3. The van der Waals surface area contributed by atoms with Gasteiger partial charge >= 0.3 is 0 Å². The highest BCUT2D eigenvalue weighted by Crippen LogP contribution is 2.34. The molecular weight excluding hydrogens is 246 g/mol. The summed E-state index contributed by atoms with van der Waals surface area (Å²) < 4.78 is 0. The maximum Gasteiger partial charge on any atom is 0.0492 e. The van der Waals surface area contributed by atoms with Gasteiger partial charge in [0.1, 0.15) is 0 Å². The summed E-state index contributed by atoms with van der Waals surface area (Å²) >= 11 is 0. The molecule has 3 rings (SSSR count).